The Bertz CT molecular complexity index is 443. The lowest BCUT2D eigenvalue weighted by Gasteiger charge is -1.95. The van der Waals surface area contributed by atoms with Crippen LogP contribution in [0.3, 0.4) is 0 Å². The lowest BCUT2D eigenvalue weighted by atomic mass is 10.3. The van der Waals surface area contributed by atoms with Gasteiger partial charge in [-0.25, -0.2) is 8.42 Å². The molecule has 1 heterocycles. The van der Waals surface area contributed by atoms with Crippen molar-refractivity contribution < 1.29 is 22.4 Å². The third-order valence-corrected chi connectivity index (χ3v) is 2.40. The minimum Gasteiger partial charge on any atom is -0.455 e. The minimum atomic E-state index is -3.32. The monoisotopic (exact) mass is 232 g/mol. The molecule has 0 atom stereocenters. The molecule has 15 heavy (non-hydrogen) atoms. The van der Waals surface area contributed by atoms with Crippen LogP contribution in [0.15, 0.2) is 16.5 Å². The molecule has 0 aliphatic heterocycles. The lowest BCUT2D eigenvalue weighted by Crippen LogP contribution is -2.13. The van der Waals surface area contributed by atoms with Gasteiger partial charge in [0.05, 0.1) is 0 Å². The predicted octanol–water partition coefficient (Wildman–Crippen LogP) is 0.653. The zero-order valence-electron chi connectivity index (χ0n) is 8.52. The molecule has 0 radical (unpaired) electrons. The molecule has 1 aromatic heterocycles. The second kappa shape index (κ2) is 4.59. The Morgan fingerprint density at radius 2 is 2.13 bits per heavy atom. The summed E-state index contributed by atoms with van der Waals surface area (Å²) in [5.74, 6) is -0.533. The van der Waals surface area contributed by atoms with Gasteiger partial charge < -0.3 is 9.15 Å². The average molecular weight is 232 g/mol. The molecule has 0 spiro atoms. The highest BCUT2D eigenvalue weighted by atomic mass is 32.2. The second-order valence-electron chi connectivity index (χ2n) is 3.19. The maximum Gasteiger partial charge on any atom is 0.212 e. The molecule has 0 aliphatic rings. The van der Waals surface area contributed by atoms with E-state index in [9.17, 15) is 13.2 Å². The number of ether oxygens (including phenoxy) is 1. The van der Waals surface area contributed by atoms with Gasteiger partial charge in [-0.15, -0.1) is 0 Å². The van der Waals surface area contributed by atoms with Crippen molar-refractivity contribution in [3.8, 4) is 0 Å². The number of ketones is 1. The number of hydrogen-bond donors (Lipinski definition) is 0. The molecular weight excluding hydrogens is 220 g/mol. The Labute approximate surface area is 88.0 Å². The molecule has 5 nitrogen and oxygen atoms in total. The fraction of sp³-hybridized carbons (Fsp3) is 0.444. The molecule has 0 fully saturated rings. The first-order chi connectivity index (χ1) is 6.92. The fourth-order valence-electron chi connectivity index (χ4n) is 1.06. The summed E-state index contributed by atoms with van der Waals surface area (Å²) in [6.07, 6.45) is 1.00. The average Bonchev–Trinajstić information content (AvgIpc) is 2.50. The van der Waals surface area contributed by atoms with Gasteiger partial charge in [0.15, 0.2) is 15.6 Å². The summed E-state index contributed by atoms with van der Waals surface area (Å²) in [6, 6.07) is 3.03. The van der Waals surface area contributed by atoms with Gasteiger partial charge in [-0.1, -0.05) is 0 Å². The van der Waals surface area contributed by atoms with Crippen LogP contribution in [0.4, 0.5) is 0 Å². The van der Waals surface area contributed by atoms with Crippen LogP contribution in [0, 0.1) is 0 Å². The van der Waals surface area contributed by atoms with E-state index < -0.39 is 21.4 Å². The van der Waals surface area contributed by atoms with E-state index in [1.165, 1.54) is 13.2 Å². The van der Waals surface area contributed by atoms with Gasteiger partial charge in [0, 0.05) is 13.4 Å². The first-order valence-electron chi connectivity index (χ1n) is 4.21. The van der Waals surface area contributed by atoms with Gasteiger partial charge in [-0.05, 0) is 12.1 Å². The number of methoxy groups -OCH3 is 1. The van der Waals surface area contributed by atoms with Gasteiger partial charge in [0.1, 0.15) is 18.1 Å². The van der Waals surface area contributed by atoms with Crippen LogP contribution in [0.25, 0.3) is 0 Å². The number of sulfone groups is 1. The van der Waals surface area contributed by atoms with Crippen molar-refractivity contribution in [1.29, 1.82) is 0 Å². The standard InChI is InChI=1S/C9H12O5S/c1-13-5-7-3-4-9(14-7)8(10)6-15(2,11)12/h3-4H,5-6H2,1-2H3. The molecule has 0 saturated carbocycles. The molecule has 0 saturated heterocycles. The SMILES string of the molecule is COCc1ccc(C(=O)CS(C)(=O)=O)o1. The highest BCUT2D eigenvalue weighted by molar-refractivity contribution is 7.91. The first-order valence-corrected chi connectivity index (χ1v) is 6.27. The van der Waals surface area contributed by atoms with Crippen LogP contribution in [-0.4, -0.2) is 33.3 Å². The Kier molecular flexibility index (Phi) is 3.65. The van der Waals surface area contributed by atoms with Crippen molar-refractivity contribution in [3.05, 3.63) is 23.7 Å². The maximum atomic E-state index is 11.4. The van der Waals surface area contributed by atoms with Crippen LogP contribution in [-0.2, 0) is 21.2 Å². The van der Waals surface area contributed by atoms with E-state index in [4.69, 9.17) is 9.15 Å². The van der Waals surface area contributed by atoms with Crippen molar-refractivity contribution in [2.45, 2.75) is 6.61 Å². The predicted molar refractivity (Wildman–Crippen MR) is 53.5 cm³/mol. The second-order valence-corrected chi connectivity index (χ2v) is 5.33. The summed E-state index contributed by atoms with van der Waals surface area (Å²) in [4.78, 5) is 11.4. The number of Topliss-reactive ketones (excluding diaryl/α,β-unsaturated/α-hetero) is 1. The third-order valence-electron chi connectivity index (χ3n) is 1.62. The summed E-state index contributed by atoms with van der Waals surface area (Å²) in [6.45, 7) is 0.256. The molecule has 1 aromatic rings. The van der Waals surface area contributed by atoms with E-state index in [2.05, 4.69) is 0 Å². The summed E-state index contributed by atoms with van der Waals surface area (Å²) < 4.78 is 31.6. The normalized spacial score (nSPS) is 11.6. The van der Waals surface area contributed by atoms with Crippen molar-refractivity contribution in [3.63, 3.8) is 0 Å². The van der Waals surface area contributed by atoms with Crippen molar-refractivity contribution in [1.82, 2.24) is 0 Å². The Hall–Kier alpha value is -1.14. The highest BCUT2D eigenvalue weighted by Crippen LogP contribution is 2.10. The molecule has 1 rings (SSSR count). The smallest absolute Gasteiger partial charge is 0.212 e. The van der Waals surface area contributed by atoms with Crippen LogP contribution < -0.4 is 0 Å². The van der Waals surface area contributed by atoms with E-state index in [0.29, 0.717) is 5.76 Å². The maximum absolute atomic E-state index is 11.4. The number of carbonyl (C=O) groups is 1. The molecule has 0 aromatic carbocycles. The van der Waals surface area contributed by atoms with Gasteiger partial charge in [0.25, 0.3) is 0 Å². The summed E-state index contributed by atoms with van der Waals surface area (Å²) >= 11 is 0. The number of carbonyl (C=O) groups excluding carboxylic acids is 1. The van der Waals surface area contributed by atoms with Crippen LogP contribution >= 0.6 is 0 Å². The Morgan fingerprint density at radius 3 is 2.67 bits per heavy atom. The molecule has 0 bridgehead atoms. The molecular formula is C9H12O5S. The lowest BCUT2D eigenvalue weighted by molar-refractivity contribution is 0.0981. The zero-order chi connectivity index (χ0) is 11.5. The molecule has 0 unspecified atom stereocenters. The molecule has 84 valence electrons. The Morgan fingerprint density at radius 1 is 1.47 bits per heavy atom. The van der Waals surface area contributed by atoms with Crippen LogP contribution in [0.5, 0.6) is 0 Å². The third kappa shape index (κ3) is 3.85. The molecule has 0 aliphatic carbocycles. The number of furan rings is 1. The van der Waals surface area contributed by atoms with E-state index >= 15 is 0 Å². The van der Waals surface area contributed by atoms with E-state index in [1.54, 1.807) is 6.07 Å². The fourth-order valence-corrected chi connectivity index (χ4v) is 1.68. The van der Waals surface area contributed by atoms with Gasteiger partial charge in [0.2, 0.25) is 5.78 Å². The van der Waals surface area contributed by atoms with Crippen molar-refractivity contribution >= 4 is 15.6 Å². The molecule has 6 heteroatoms. The number of hydrogen-bond acceptors (Lipinski definition) is 5. The Balaban J connectivity index is 2.74. The largest absolute Gasteiger partial charge is 0.455 e. The molecule has 0 amide bonds. The zero-order valence-corrected chi connectivity index (χ0v) is 9.33. The topological polar surface area (TPSA) is 73.6 Å². The number of rotatable bonds is 5. The summed E-state index contributed by atoms with van der Waals surface area (Å²) in [5.41, 5.74) is 0. The van der Waals surface area contributed by atoms with Crippen molar-refractivity contribution in [2.24, 2.45) is 0 Å². The van der Waals surface area contributed by atoms with Crippen LogP contribution in [0.1, 0.15) is 16.3 Å². The summed E-state index contributed by atoms with van der Waals surface area (Å²) in [7, 11) is -1.81. The van der Waals surface area contributed by atoms with E-state index in [-0.39, 0.29) is 12.4 Å². The minimum absolute atomic E-state index is 0.0486. The van der Waals surface area contributed by atoms with Gasteiger partial charge in [-0.2, -0.15) is 0 Å². The quantitative estimate of drug-likeness (QED) is 0.697. The highest BCUT2D eigenvalue weighted by Gasteiger charge is 2.16. The first kappa shape index (κ1) is 11.9. The van der Waals surface area contributed by atoms with Crippen LogP contribution in [0.2, 0.25) is 0 Å². The van der Waals surface area contributed by atoms with E-state index in [1.807, 2.05) is 0 Å². The molecule has 0 N–H and O–H groups in total. The van der Waals surface area contributed by atoms with E-state index in [0.717, 1.165) is 6.26 Å². The van der Waals surface area contributed by atoms with Gasteiger partial charge >= 0.3 is 0 Å². The van der Waals surface area contributed by atoms with Gasteiger partial charge in [-0.3, -0.25) is 4.79 Å². The van der Waals surface area contributed by atoms with Crippen molar-refractivity contribution in [2.75, 3.05) is 19.1 Å². The summed E-state index contributed by atoms with van der Waals surface area (Å²) in [5, 5.41) is 0.